The number of hydrogen-bond acceptors (Lipinski definition) is 5. The number of carbonyl (C=O) groups is 1. The molecule has 0 spiro atoms. The molecule has 1 aliphatic heterocycles. The molecular weight excluding hydrogens is 270 g/mol. The van der Waals surface area contributed by atoms with Gasteiger partial charge < -0.3 is 10.1 Å². The van der Waals surface area contributed by atoms with Gasteiger partial charge in [0.25, 0.3) is 5.91 Å². The molecule has 3 rings (SSSR count). The first kappa shape index (κ1) is 14.0. The average Bonchev–Trinajstić information content (AvgIpc) is 2.97. The summed E-state index contributed by atoms with van der Waals surface area (Å²) in [6, 6.07) is 2.06. The Kier molecular flexibility index (Phi) is 4.12. The maximum absolute atomic E-state index is 12.3. The molecule has 7 heteroatoms. The minimum atomic E-state index is -0.135. The number of rotatable bonds is 4. The molecule has 0 saturated carbocycles. The van der Waals surface area contributed by atoms with E-state index in [4.69, 9.17) is 4.74 Å². The highest BCUT2D eigenvalue weighted by Gasteiger charge is 2.19. The molecule has 7 nitrogen and oxygen atoms in total. The molecule has 1 aliphatic rings. The standard InChI is InChI=1S/C14H19N5O2/c1-11(18-5-7-21-8-6-18)9-16-14(20)12-10-17-19-4-2-3-15-13(12)19/h2-4,10-11H,5-9H2,1H3,(H,16,20)/t11-/m1/s1. The number of carbonyl (C=O) groups excluding carboxylic acids is 1. The number of nitrogens with one attached hydrogen (secondary N) is 1. The van der Waals surface area contributed by atoms with Crippen molar-refractivity contribution in [3.05, 3.63) is 30.2 Å². The van der Waals surface area contributed by atoms with E-state index in [1.807, 2.05) is 0 Å². The summed E-state index contributed by atoms with van der Waals surface area (Å²) in [4.78, 5) is 18.8. The van der Waals surface area contributed by atoms with Crippen LogP contribution >= 0.6 is 0 Å². The van der Waals surface area contributed by atoms with Gasteiger partial charge in [-0.1, -0.05) is 0 Å². The predicted octanol–water partition coefficient (Wildman–Crippen LogP) is 0.180. The zero-order valence-electron chi connectivity index (χ0n) is 12.0. The Morgan fingerprint density at radius 2 is 2.29 bits per heavy atom. The summed E-state index contributed by atoms with van der Waals surface area (Å²) in [6.07, 6.45) is 4.98. The third-order valence-electron chi connectivity index (χ3n) is 3.75. The third kappa shape index (κ3) is 3.03. The molecular formula is C14H19N5O2. The number of fused-ring (bicyclic) bond motifs is 1. The minimum absolute atomic E-state index is 0.135. The van der Waals surface area contributed by atoms with Crippen molar-refractivity contribution in [2.45, 2.75) is 13.0 Å². The topological polar surface area (TPSA) is 71.8 Å². The van der Waals surface area contributed by atoms with E-state index in [0.29, 0.717) is 17.8 Å². The number of amides is 1. The van der Waals surface area contributed by atoms with Gasteiger partial charge in [-0.3, -0.25) is 9.69 Å². The molecule has 112 valence electrons. The smallest absolute Gasteiger partial charge is 0.256 e. The summed E-state index contributed by atoms with van der Waals surface area (Å²) in [5, 5.41) is 7.08. The van der Waals surface area contributed by atoms with Crippen molar-refractivity contribution in [2.75, 3.05) is 32.8 Å². The second-order valence-corrected chi connectivity index (χ2v) is 5.15. The number of ether oxygens (including phenoxy) is 1. The zero-order valence-corrected chi connectivity index (χ0v) is 12.0. The lowest BCUT2D eigenvalue weighted by Crippen LogP contribution is -2.47. The lowest BCUT2D eigenvalue weighted by molar-refractivity contribution is 0.0204. The second kappa shape index (κ2) is 6.19. The van der Waals surface area contributed by atoms with Crippen molar-refractivity contribution >= 4 is 11.6 Å². The molecule has 1 amide bonds. The van der Waals surface area contributed by atoms with Crippen molar-refractivity contribution in [1.82, 2.24) is 24.8 Å². The monoisotopic (exact) mass is 289 g/mol. The number of hydrogen-bond donors (Lipinski definition) is 1. The van der Waals surface area contributed by atoms with Crippen LogP contribution in [0.1, 0.15) is 17.3 Å². The van der Waals surface area contributed by atoms with Gasteiger partial charge in [-0.2, -0.15) is 5.10 Å². The van der Waals surface area contributed by atoms with Gasteiger partial charge in [-0.25, -0.2) is 9.50 Å². The Bertz CT molecular complexity index is 621. The van der Waals surface area contributed by atoms with Gasteiger partial charge in [-0.15, -0.1) is 0 Å². The van der Waals surface area contributed by atoms with Gasteiger partial charge in [-0.05, 0) is 13.0 Å². The Balaban J connectivity index is 1.61. The zero-order chi connectivity index (χ0) is 14.7. The van der Waals surface area contributed by atoms with Crippen LogP contribution in [0.3, 0.4) is 0 Å². The molecule has 1 N–H and O–H groups in total. The van der Waals surface area contributed by atoms with Crippen LogP contribution in [0.5, 0.6) is 0 Å². The maximum Gasteiger partial charge on any atom is 0.256 e. The normalized spacial score (nSPS) is 17.8. The van der Waals surface area contributed by atoms with E-state index in [2.05, 4.69) is 27.2 Å². The molecule has 0 bridgehead atoms. The van der Waals surface area contributed by atoms with E-state index in [9.17, 15) is 4.79 Å². The van der Waals surface area contributed by atoms with E-state index in [1.165, 1.54) is 0 Å². The third-order valence-corrected chi connectivity index (χ3v) is 3.75. The highest BCUT2D eigenvalue weighted by Crippen LogP contribution is 2.07. The number of nitrogens with zero attached hydrogens (tertiary/aromatic N) is 4. The van der Waals surface area contributed by atoms with Gasteiger partial charge in [0, 0.05) is 38.1 Å². The van der Waals surface area contributed by atoms with Crippen molar-refractivity contribution in [2.24, 2.45) is 0 Å². The summed E-state index contributed by atoms with van der Waals surface area (Å²) >= 11 is 0. The largest absolute Gasteiger partial charge is 0.379 e. The molecule has 0 unspecified atom stereocenters. The van der Waals surface area contributed by atoms with Gasteiger partial charge in [0.15, 0.2) is 5.65 Å². The van der Waals surface area contributed by atoms with Crippen molar-refractivity contribution < 1.29 is 9.53 Å². The van der Waals surface area contributed by atoms with Crippen molar-refractivity contribution in [3.63, 3.8) is 0 Å². The molecule has 2 aromatic rings. The quantitative estimate of drug-likeness (QED) is 0.869. The lowest BCUT2D eigenvalue weighted by Gasteiger charge is -2.32. The van der Waals surface area contributed by atoms with E-state index >= 15 is 0 Å². The molecule has 1 fully saturated rings. The molecule has 0 aromatic carbocycles. The Morgan fingerprint density at radius 1 is 1.48 bits per heavy atom. The van der Waals surface area contributed by atoms with Crippen LogP contribution in [0.25, 0.3) is 5.65 Å². The maximum atomic E-state index is 12.3. The van der Waals surface area contributed by atoms with E-state index in [0.717, 1.165) is 26.3 Å². The summed E-state index contributed by atoms with van der Waals surface area (Å²) in [7, 11) is 0. The van der Waals surface area contributed by atoms with Crippen molar-refractivity contribution in [1.29, 1.82) is 0 Å². The Morgan fingerprint density at radius 3 is 3.10 bits per heavy atom. The van der Waals surface area contributed by atoms with Gasteiger partial charge >= 0.3 is 0 Å². The van der Waals surface area contributed by atoms with Gasteiger partial charge in [0.05, 0.1) is 19.4 Å². The first-order valence-corrected chi connectivity index (χ1v) is 7.14. The second-order valence-electron chi connectivity index (χ2n) is 5.15. The summed E-state index contributed by atoms with van der Waals surface area (Å²) in [5.74, 6) is -0.135. The predicted molar refractivity (Wildman–Crippen MR) is 77.2 cm³/mol. The van der Waals surface area contributed by atoms with Gasteiger partial charge in [0.2, 0.25) is 0 Å². The molecule has 2 aromatic heterocycles. The fraction of sp³-hybridized carbons (Fsp3) is 0.500. The van der Waals surface area contributed by atoms with E-state index in [-0.39, 0.29) is 11.9 Å². The first-order valence-electron chi connectivity index (χ1n) is 7.14. The van der Waals surface area contributed by atoms with Crippen LogP contribution < -0.4 is 5.32 Å². The number of morpholine rings is 1. The van der Waals surface area contributed by atoms with Gasteiger partial charge in [0.1, 0.15) is 5.56 Å². The lowest BCUT2D eigenvalue weighted by atomic mass is 10.2. The van der Waals surface area contributed by atoms with Crippen LogP contribution in [0.2, 0.25) is 0 Å². The molecule has 1 atom stereocenters. The molecule has 0 radical (unpaired) electrons. The summed E-state index contributed by atoms with van der Waals surface area (Å²) in [5.41, 5.74) is 1.08. The van der Waals surface area contributed by atoms with Crippen LogP contribution in [0, 0.1) is 0 Å². The average molecular weight is 289 g/mol. The highest BCUT2D eigenvalue weighted by atomic mass is 16.5. The van der Waals surface area contributed by atoms with E-state index in [1.54, 1.807) is 29.2 Å². The fourth-order valence-corrected chi connectivity index (χ4v) is 2.47. The highest BCUT2D eigenvalue weighted by molar-refractivity contribution is 5.99. The fourth-order valence-electron chi connectivity index (χ4n) is 2.47. The van der Waals surface area contributed by atoms with Crippen LogP contribution in [-0.2, 0) is 4.74 Å². The Hall–Kier alpha value is -1.99. The summed E-state index contributed by atoms with van der Waals surface area (Å²) < 4.78 is 6.93. The minimum Gasteiger partial charge on any atom is -0.379 e. The van der Waals surface area contributed by atoms with Crippen molar-refractivity contribution in [3.8, 4) is 0 Å². The SMILES string of the molecule is C[C@H](CNC(=O)c1cnn2cccnc12)N1CCOCC1. The summed E-state index contributed by atoms with van der Waals surface area (Å²) in [6.45, 7) is 6.06. The number of aromatic nitrogens is 3. The van der Waals surface area contributed by atoms with Crippen LogP contribution in [-0.4, -0.2) is 64.3 Å². The first-order chi connectivity index (χ1) is 10.3. The van der Waals surface area contributed by atoms with Crippen LogP contribution in [0.4, 0.5) is 0 Å². The molecule has 1 saturated heterocycles. The molecule has 0 aliphatic carbocycles. The van der Waals surface area contributed by atoms with E-state index < -0.39 is 0 Å². The molecule has 21 heavy (non-hydrogen) atoms. The Labute approximate surface area is 122 Å². The van der Waals surface area contributed by atoms with Crippen LogP contribution in [0.15, 0.2) is 24.7 Å². The molecule has 3 heterocycles.